The molecule has 12 heteroatoms. The Morgan fingerprint density at radius 2 is 1.22 bits per heavy atom. The van der Waals surface area contributed by atoms with Crippen molar-refractivity contribution in [2.45, 2.75) is 36.9 Å². The van der Waals surface area contributed by atoms with Gasteiger partial charge in [-0.2, -0.15) is 16.8 Å². The standard InChI is InChI=1S/C6H15NO8S3/c1-4(16(8)9)7(5(2)17(10,11)12)6(3)18(13,14)15/h4-6H,1-3H3,(H,8,9)(H,10,11,12)(H,13,14,15). The van der Waals surface area contributed by atoms with Gasteiger partial charge in [0, 0.05) is 0 Å². The lowest BCUT2D eigenvalue weighted by Gasteiger charge is -2.33. The summed E-state index contributed by atoms with van der Waals surface area (Å²) in [7, 11) is -9.36. The lowest BCUT2D eigenvalue weighted by atomic mass is 10.5. The minimum absolute atomic E-state index is 0.515. The molecule has 0 saturated heterocycles. The molecule has 3 N–H and O–H groups in total. The molecule has 0 aliphatic heterocycles. The topological polar surface area (TPSA) is 149 Å². The third-order valence-electron chi connectivity index (χ3n) is 2.41. The van der Waals surface area contributed by atoms with Crippen molar-refractivity contribution in [1.29, 1.82) is 0 Å². The summed E-state index contributed by atoms with van der Waals surface area (Å²) in [5.41, 5.74) is 0. The average Bonchev–Trinajstić information content (AvgIpc) is 2.14. The van der Waals surface area contributed by atoms with Crippen LogP contribution in [0.2, 0.25) is 0 Å². The van der Waals surface area contributed by atoms with E-state index in [1.165, 1.54) is 0 Å². The molecule has 0 aromatic heterocycles. The van der Waals surface area contributed by atoms with Gasteiger partial charge in [-0.05, 0) is 20.8 Å². The summed E-state index contributed by atoms with van der Waals surface area (Å²) in [5.74, 6) is 0. The van der Waals surface area contributed by atoms with Crippen LogP contribution in [-0.4, -0.2) is 55.7 Å². The van der Waals surface area contributed by atoms with Crippen LogP contribution in [0, 0.1) is 0 Å². The summed E-state index contributed by atoms with van der Waals surface area (Å²) >= 11 is -2.58. The molecule has 110 valence electrons. The van der Waals surface area contributed by atoms with Crippen LogP contribution in [0.4, 0.5) is 0 Å². The Bertz CT molecular complexity index is 473. The zero-order valence-corrected chi connectivity index (χ0v) is 12.2. The molecule has 0 fully saturated rings. The quantitative estimate of drug-likeness (QED) is 0.426. The Morgan fingerprint density at radius 3 is 1.39 bits per heavy atom. The van der Waals surface area contributed by atoms with Crippen molar-refractivity contribution in [2.75, 3.05) is 0 Å². The molecule has 4 unspecified atom stereocenters. The molecule has 0 saturated carbocycles. The predicted molar refractivity (Wildman–Crippen MR) is 64.1 cm³/mol. The van der Waals surface area contributed by atoms with Gasteiger partial charge in [-0.1, -0.05) is 0 Å². The normalized spacial score (nSPS) is 20.4. The predicted octanol–water partition coefficient (Wildman–Crippen LogP) is -0.676. The Hall–Kier alpha value is -0.110. The van der Waals surface area contributed by atoms with Gasteiger partial charge in [0.05, 0.1) is 0 Å². The van der Waals surface area contributed by atoms with E-state index in [1.54, 1.807) is 0 Å². The minimum Gasteiger partial charge on any atom is -0.305 e. The highest BCUT2D eigenvalue weighted by Crippen LogP contribution is 2.19. The van der Waals surface area contributed by atoms with Crippen LogP contribution >= 0.6 is 0 Å². The molecule has 18 heavy (non-hydrogen) atoms. The Labute approximate surface area is 108 Å². The van der Waals surface area contributed by atoms with Crippen LogP contribution in [0.25, 0.3) is 0 Å². The maximum Gasteiger partial charge on any atom is 0.281 e. The van der Waals surface area contributed by atoms with Gasteiger partial charge in [-0.15, -0.1) is 0 Å². The molecule has 0 aliphatic rings. The summed E-state index contributed by atoms with van der Waals surface area (Å²) < 4.78 is 81.5. The van der Waals surface area contributed by atoms with E-state index in [1.807, 2.05) is 0 Å². The summed E-state index contributed by atoms with van der Waals surface area (Å²) in [6.07, 6.45) is 0. The van der Waals surface area contributed by atoms with Gasteiger partial charge in [-0.25, -0.2) is 4.21 Å². The first-order chi connectivity index (χ1) is 7.80. The molecule has 0 bridgehead atoms. The molecule has 0 aromatic carbocycles. The number of hydrogen-bond donors (Lipinski definition) is 3. The highest BCUT2D eigenvalue weighted by atomic mass is 32.2. The molecule has 0 aromatic rings. The van der Waals surface area contributed by atoms with Crippen molar-refractivity contribution in [1.82, 2.24) is 4.90 Å². The third-order valence-corrected chi connectivity index (χ3v) is 5.45. The van der Waals surface area contributed by atoms with Crippen LogP contribution in [-0.2, 0) is 31.3 Å². The van der Waals surface area contributed by atoms with Crippen LogP contribution in [0.1, 0.15) is 20.8 Å². The summed E-state index contributed by atoms with van der Waals surface area (Å²) in [5, 5.41) is -4.99. The third kappa shape index (κ3) is 4.53. The van der Waals surface area contributed by atoms with E-state index < -0.39 is 47.4 Å². The molecule has 0 heterocycles. The van der Waals surface area contributed by atoms with Gasteiger partial charge >= 0.3 is 0 Å². The van der Waals surface area contributed by atoms with Crippen LogP contribution in [0.15, 0.2) is 0 Å². The maximum atomic E-state index is 11.0. The van der Waals surface area contributed by atoms with Gasteiger partial charge in [0.2, 0.25) is 0 Å². The molecule has 9 nitrogen and oxygen atoms in total. The SMILES string of the molecule is CC(N(C(C)S(=O)(=O)O)C(C)S(=O)(=O)O)S(=O)O. The van der Waals surface area contributed by atoms with Crippen molar-refractivity contribution in [2.24, 2.45) is 0 Å². The van der Waals surface area contributed by atoms with Crippen molar-refractivity contribution in [3.05, 3.63) is 0 Å². The van der Waals surface area contributed by atoms with E-state index in [2.05, 4.69) is 0 Å². The fourth-order valence-electron chi connectivity index (χ4n) is 1.30. The van der Waals surface area contributed by atoms with E-state index in [-0.39, 0.29) is 0 Å². The van der Waals surface area contributed by atoms with Crippen molar-refractivity contribution < 1.29 is 34.7 Å². The maximum absolute atomic E-state index is 11.0. The summed E-state index contributed by atoms with van der Waals surface area (Å²) in [4.78, 5) is 0.515. The van der Waals surface area contributed by atoms with Gasteiger partial charge < -0.3 is 4.55 Å². The van der Waals surface area contributed by atoms with Crippen LogP contribution in [0.5, 0.6) is 0 Å². The molecule has 0 spiro atoms. The highest BCUT2D eigenvalue weighted by molar-refractivity contribution is 7.87. The van der Waals surface area contributed by atoms with Gasteiger partial charge in [0.1, 0.15) is 16.1 Å². The van der Waals surface area contributed by atoms with Gasteiger partial charge in [0.25, 0.3) is 20.2 Å². The second-order valence-corrected chi connectivity index (χ2v) is 8.21. The Kier molecular flexibility index (Phi) is 5.86. The van der Waals surface area contributed by atoms with E-state index in [0.717, 1.165) is 20.8 Å². The molecular formula is C6H15NO8S3. The van der Waals surface area contributed by atoms with Crippen LogP contribution in [0.3, 0.4) is 0 Å². The Balaban J connectivity index is 5.67. The largest absolute Gasteiger partial charge is 0.305 e. The number of hydrogen-bond acceptors (Lipinski definition) is 6. The second-order valence-electron chi connectivity index (χ2n) is 3.55. The summed E-state index contributed by atoms with van der Waals surface area (Å²) in [6.45, 7) is 2.94. The zero-order valence-electron chi connectivity index (χ0n) is 9.79. The van der Waals surface area contributed by atoms with Crippen molar-refractivity contribution >= 4 is 31.3 Å². The lowest BCUT2D eigenvalue weighted by Crippen LogP contribution is -2.53. The number of rotatable bonds is 6. The lowest BCUT2D eigenvalue weighted by molar-refractivity contribution is 0.209. The fourth-order valence-corrected chi connectivity index (χ4v) is 3.45. The van der Waals surface area contributed by atoms with Gasteiger partial charge in [0.15, 0.2) is 11.1 Å². The smallest absolute Gasteiger partial charge is 0.281 e. The monoisotopic (exact) mass is 325 g/mol. The van der Waals surface area contributed by atoms with Crippen molar-refractivity contribution in [3.8, 4) is 0 Å². The van der Waals surface area contributed by atoms with E-state index in [0.29, 0.717) is 4.90 Å². The number of nitrogens with zero attached hydrogens (tertiary/aromatic N) is 1. The molecule has 0 amide bonds. The minimum atomic E-state index is -4.68. The first kappa shape index (κ1) is 17.9. The second kappa shape index (κ2) is 5.90. The Morgan fingerprint density at radius 1 is 0.944 bits per heavy atom. The van der Waals surface area contributed by atoms with E-state index >= 15 is 0 Å². The van der Waals surface area contributed by atoms with E-state index in [4.69, 9.17) is 13.7 Å². The fraction of sp³-hybridized carbons (Fsp3) is 1.00. The molecule has 4 atom stereocenters. The molecule has 0 rings (SSSR count). The van der Waals surface area contributed by atoms with Gasteiger partial charge in [-0.3, -0.25) is 14.0 Å². The first-order valence-electron chi connectivity index (χ1n) is 4.59. The highest BCUT2D eigenvalue weighted by Gasteiger charge is 2.39. The average molecular weight is 325 g/mol. The van der Waals surface area contributed by atoms with E-state index in [9.17, 15) is 21.0 Å². The zero-order chi connectivity index (χ0) is 14.9. The van der Waals surface area contributed by atoms with Crippen LogP contribution < -0.4 is 0 Å². The van der Waals surface area contributed by atoms with Crippen molar-refractivity contribution in [3.63, 3.8) is 0 Å². The molecule has 0 aliphatic carbocycles. The molecule has 0 radical (unpaired) electrons. The first-order valence-corrected chi connectivity index (χ1v) is 8.77. The molecular weight excluding hydrogens is 310 g/mol. The summed E-state index contributed by atoms with van der Waals surface area (Å²) in [6, 6.07) is 0.